The molecule has 2 nitrogen and oxygen atoms in total. The third-order valence-electron chi connectivity index (χ3n) is 3.69. The maximum atomic E-state index is 10.0. The Labute approximate surface area is 121 Å². The molecule has 0 saturated carbocycles. The second-order valence-electron chi connectivity index (χ2n) is 5.59. The second-order valence-corrected chi connectivity index (χ2v) is 5.59. The number of phenolic OH excluding ortho intramolecular Hbond substituents is 1. The first-order valence-electron chi connectivity index (χ1n) is 7.09. The van der Waals surface area contributed by atoms with Gasteiger partial charge in [-0.2, -0.15) is 0 Å². The molecule has 1 unspecified atom stereocenters. The normalized spacial score (nSPS) is 14.0. The third kappa shape index (κ3) is 3.40. The standard InChI is InChI=1S/C18H23NO/c1-12-6-5-7-16(10-12)14(3)19-15(4)17-9-8-13(2)11-18(17)20/h5-11,14-15,19-20H,1-4H3/t14-,15?/m1/s1. The summed E-state index contributed by atoms with van der Waals surface area (Å²) in [6, 6.07) is 14.7. The van der Waals surface area contributed by atoms with Gasteiger partial charge < -0.3 is 10.4 Å². The molecule has 2 aromatic carbocycles. The number of hydrogen-bond donors (Lipinski definition) is 2. The van der Waals surface area contributed by atoms with E-state index < -0.39 is 0 Å². The average molecular weight is 269 g/mol. The van der Waals surface area contributed by atoms with E-state index in [1.54, 1.807) is 0 Å². The van der Waals surface area contributed by atoms with Crippen LogP contribution >= 0.6 is 0 Å². The lowest BCUT2D eigenvalue weighted by Crippen LogP contribution is -2.22. The van der Waals surface area contributed by atoms with Gasteiger partial charge in [0, 0.05) is 17.6 Å². The smallest absolute Gasteiger partial charge is 0.120 e. The molecule has 0 aliphatic carbocycles. The molecule has 2 N–H and O–H groups in total. The number of aryl methyl sites for hydroxylation is 2. The first-order chi connectivity index (χ1) is 9.47. The van der Waals surface area contributed by atoms with Gasteiger partial charge in [-0.25, -0.2) is 0 Å². The number of nitrogens with one attached hydrogen (secondary N) is 1. The van der Waals surface area contributed by atoms with Gasteiger partial charge in [-0.15, -0.1) is 0 Å². The van der Waals surface area contributed by atoms with E-state index in [1.165, 1.54) is 11.1 Å². The summed E-state index contributed by atoms with van der Waals surface area (Å²) in [6.45, 7) is 8.32. The van der Waals surface area contributed by atoms with E-state index in [0.717, 1.165) is 11.1 Å². The number of aromatic hydroxyl groups is 1. The molecule has 106 valence electrons. The van der Waals surface area contributed by atoms with Crippen molar-refractivity contribution in [2.45, 2.75) is 39.8 Å². The van der Waals surface area contributed by atoms with Crippen LogP contribution in [0.5, 0.6) is 5.75 Å². The fourth-order valence-corrected chi connectivity index (χ4v) is 2.52. The van der Waals surface area contributed by atoms with E-state index >= 15 is 0 Å². The predicted octanol–water partition coefficient (Wildman–Crippen LogP) is 4.42. The Kier molecular flexibility index (Phi) is 4.46. The summed E-state index contributed by atoms with van der Waals surface area (Å²) < 4.78 is 0. The molecule has 2 atom stereocenters. The zero-order valence-corrected chi connectivity index (χ0v) is 12.6. The van der Waals surface area contributed by atoms with Crippen molar-refractivity contribution < 1.29 is 5.11 Å². The summed E-state index contributed by atoms with van der Waals surface area (Å²) in [6.07, 6.45) is 0. The van der Waals surface area contributed by atoms with Crippen molar-refractivity contribution in [1.29, 1.82) is 0 Å². The summed E-state index contributed by atoms with van der Waals surface area (Å²) in [7, 11) is 0. The van der Waals surface area contributed by atoms with Crippen LogP contribution in [0.15, 0.2) is 42.5 Å². The predicted molar refractivity (Wildman–Crippen MR) is 84.0 cm³/mol. The SMILES string of the molecule is Cc1cccc([C@@H](C)NC(C)c2ccc(C)cc2O)c1. The molecule has 2 heteroatoms. The molecule has 0 aromatic heterocycles. The molecule has 2 aromatic rings. The fourth-order valence-electron chi connectivity index (χ4n) is 2.52. The molecule has 0 spiro atoms. The molecule has 20 heavy (non-hydrogen) atoms. The van der Waals surface area contributed by atoms with Crippen LogP contribution in [0.1, 0.15) is 48.2 Å². The highest BCUT2D eigenvalue weighted by Crippen LogP contribution is 2.27. The lowest BCUT2D eigenvalue weighted by atomic mass is 10.0. The van der Waals surface area contributed by atoms with Crippen LogP contribution in [0.2, 0.25) is 0 Å². The van der Waals surface area contributed by atoms with Crippen molar-refractivity contribution in [1.82, 2.24) is 5.32 Å². The molecule has 0 aliphatic rings. The first-order valence-corrected chi connectivity index (χ1v) is 7.09. The Morgan fingerprint density at radius 2 is 1.60 bits per heavy atom. The van der Waals surface area contributed by atoms with Gasteiger partial charge >= 0.3 is 0 Å². The molecule has 2 rings (SSSR count). The molecule has 0 saturated heterocycles. The lowest BCUT2D eigenvalue weighted by Gasteiger charge is -2.22. The summed E-state index contributed by atoms with van der Waals surface area (Å²) in [4.78, 5) is 0. The van der Waals surface area contributed by atoms with Crippen molar-refractivity contribution in [2.24, 2.45) is 0 Å². The van der Waals surface area contributed by atoms with E-state index in [4.69, 9.17) is 0 Å². The van der Waals surface area contributed by atoms with Gasteiger partial charge in [-0.3, -0.25) is 0 Å². The quantitative estimate of drug-likeness (QED) is 0.861. The Morgan fingerprint density at radius 3 is 2.25 bits per heavy atom. The van der Waals surface area contributed by atoms with Crippen molar-refractivity contribution in [3.63, 3.8) is 0 Å². The summed E-state index contributed by atoms with van der Waals surface area (Å²) in [5.41, 5.74) is 4.55. The van der Waals surface area contributed by atoms with Crippen molar-refractivity contribution in [3.05, 3.63) is 64.7 Å². The summed E-state index contributed by atoms with van der Waals surface area (Å²) >= 11 is 0. The second kappa shape index (κ2) is 6.10. The van der Waals surface area contributed by atoms with Crippen LogP contribution in [0, 0.1) is 13.8 Å². The molecule has 0 bridgehead atoms. The largest absolute Gasteiger partial charge is 0.508 e. The van der Waals surface area contributed by atoms with Gasteiger partial charge in [0.05, 0.1) is 0 Å². The number of benzene rings is 2. The summed E-state index contributed by atoms with van der Waals surface area (Å²) in [5.74, 6) is 0.362. The van der Waals surface area contributed by atoms with E-state index in [0.29, 0.717) is 5.75 Å². The Hall–Kier alpha value is -1.80. The highest BCUT2D eigenvalue weighted by atomic mass is 16.3. The molecule has 0 radical (unpaired) electrons. The minimum Gasteiger partial charge on any atom is -0.508 e. The van der Waals surface area contributed by atoms with Crippen LogP contribution in [-0.4, -0.2) is 5.11 Å². The third-order valence-corrected chi connectivity index (χ3v) is 3.69. The van der Waals surface area contributed by atoms with Crippen molar-refractivity contribution in [3.8, 4) is 5.75 Å². The molecule has 0 heterocycles. The van der Waals surface area contributed by atoms with Gasteiger partial charge in [0.25, 0.3) is 0 Å². The van der Waals surface area contributed by atoms with Gasteiger partial charge in [-0.05, 0) is 44.9 Å². The monoisotopic (exact) mass is 269 g/mol. The van der Waals surface area contributed by atoms with Gasteiger partial charge in [0.1, 0.15) is 5.75 Å². The van der Waals surface area contributed by atoms with Gasteiger partial charge in [-0.1, -0.05) is 42.0 Å². The molecular formula is C18H23NO. The topological polar surface area (TPSA) is 32.3 Å². The molecule has 0 amide bonds. The Morgan fingerprint density at radius 1 is 0.900 bits per heavy atom. The van der Waals surface area contributed by atoms with E-state index in [-0.39, 0.29) is 12.1 Å². The number of rotatable bonds is 4. The van der Waals surface area contributed by atoms with Crippen molar-refractivity contribution >= 4 is 0 Å². The molecular weight excluding hydrogens is 246 g/mol. The minimum absolute atomic E-state index is 0.103. The van der Waals surface area contributed by atoms with E-state index in [9.17, 15) is 5.11 Å². The van der Waals surface area contributed by atoms with Crippen molar-refractivity contribution in [2.75, 3.05) is 0 Å². The van der Waals surface area contributed by atoms with E-state index in [1.807, 2.05) is 25.1 Å². The maximum absolute atomic E-state index is 10.0. The van der Waals surface area contributed by atoms with Crippen LogP contribution < -0.4 is 5.32 Å². The van der Waals surface area contributed by atoms with Crippen LogP contribution in [0.3, 0.4) is 0 Å². The fraction of sp³-hybridized carbons (Fsp3) is 0.333. The van der Waals surface area contributed by atoms with Crippen LogP contribution in [0.4, 0.5) is 0 Å². The van der Waals surface area contributed by atoms with Crippen LogP contribution in [-0.2, 0) is 0 Å². The average Bonchev–Trinajstić information content (AvgIpc) is 2.38. The summed E-state index contributed by atoms with van der Waals surface area (Å²) in [5, 5.41) is 13.6. The molecule has 0 fully saturated rings. The number of phenols is 1. The lowest BCUT2D eigenvalue weighted by molar-refractivity contribution is 0.438. The van der Waals surface area contributed by atoms with E-state index in [2.05, 4.69) is 50.4 Å². The Bertz CT molecular complexity index is 592. The molecule has 0 aliphatic heterocycles. The zero-order chi connectivity index (χ0) is 14.7. The van der Waals surface area contributed by atoms with Crippen LogP contribution in [0.25, 0.3) is 0 Å². The maximum Gasteiger partial charge on any atom is 0.120 e. The first kappa shape index (κ1) is 14.6. The highest BCUT2D eigenvalue weighted by molar-refractivity contribution is 5.38. The Balaban J connectivity index is 2.12. The zero-order valence-electron chi connectivity index (χ0n) is 12.6. The van der Waals surface area contributed by atoms with Gasteiger partial charge in [0.2, 0.25) is 0 Å². The minimum atomic E-state index is 0.103. The highest BCUT2D eigenvalue weighted by Gasteiger charge is 2.14. The van der Waals surface area contributed by atoms with Gasteiger partial charge in [0.15, 0.2) is 0 Å². The number of hydrogen-bond acceptors (Lipinski definition) is 2.